The molecule has 1 heterocycles. The first-order chi connectivity index (χ1) is 11.7. The quantitative estimate of drug-likeness (QED) is 0.898. The number of amides is 1. The van der Waals surface area contributed by atoms with Gasteiger partial charge >= 0.3 is 0 Å². The van der Waals surface area contributed by atoms with Gasteiger partial charge in [0.05, 0.1) is 19.3 Å². The lowest BCUT2D eigenvalue weighted by atomic mass is 9.98. The van der Waals surface area contributed by atoms with Gasteiger partial charge in [0.2, 0.25) is 5.91 Å². The Bertz CT molecular complexity index is 555. The van der Waals surface area contributed by atoms with Crippen molar-refractivity contribution in [3.05, 3.63) is 24.0 Å². The number of benzene rings is 1. The topological polar surface area (TPSA) is 50.8 Å². The first-order valence-corrected chi connectivity index (χ1v) is 8.75. The summed E-state index contributed by atoms with van der Waals surface area (Å²) < 4.78 is 24.8. The molecule has 1 N–H and O–H groups in total. The Hall–Kier alpha value is -1.66. The molecule has 1 aliphatic carbocycles. The molecular formula is C18H25FN2O3. The Labute approximate surface area is 142 Å². The number of halogens is 1. The summed E-state index contributed by atoms with van der Waals surface area (Å²) in [4.78, 5) is 14.1. The van der Waals surface area contributed by atoms with E-state index >= 15 is 0 Å². The molecule has 1 saturated heterocycles. The maximum Gasteiger partial charge on any atom is 0.250 e. The molecule has 1 aromatic rings. The van der Waals surface area contributed by atoms with Crippen LogP contribution < -0.4 is 10.2 Å². The molecule has 132 valence electrons. The molecule has 1 saturated carbocycles. The molecule has 0 aromatic heterocycles. The Balaban J connectivity index is 1.55. The van der Waals surface area contributed by atoms with Gasteiger partial charge in [-0.1, -0.05) is 19.3 Å². The van der Waals surface area contributed by atoms with Crippen LogP contribution in [0.15, 0.2) is 18.2 Å². The first-order valence-electron chi connectivity index (χ1n) is 8.75. The number of hydrogen-bond acceptors (Lipinski definition) is 4. The molecule has 6 heteroatoms. The van der Waals surface area contributed by atoms with E-state index in [0.29, 0.717) is 18.9 Å². The van der Waals surface area contributed by atoms with Crippen LogP contribution in [0.4, 0.5) is 15.8 Å². The number of nitrogens with zero attached hydrogens (tertiary/aromatic N) is 1. The Morgan fingerprint density at radius 3 is 2.71 bits per heavy atom. The fourth-order valence-electron chi connectivity index (χ4n) is 3.27. The average molecular weight is 336 g/mol. The lowest BCUT2D eigenvalue weighted by Crippen LogP contribution is -2.36. The number of rotatable bonds is 5. The van der Waals surface area contributed by atoms with E-state index < -0.39 is 0 Å². The Morgan fingerprint density at radius 2 is 1.96 bits per heavy atom. The number of morpholine rings is 1. The largest absolute Gasteiger partial charge is 0.378 e. The van der Waals surface area contributed by atoms with E-state index in [1.54, 1.807) is 6.07 Å². The third-order valence-corrected chi connectivity index (χ3v) is 4.54. The van der Waals surface area contributed by atoms with Crippen LogP contribution in [0.2, 0.25) is 0 Å². The van der Waals surface area contributed by atoms with Gasteiger partial charge in [-0.25, -0.2) is 4.39 Å². The highest BCUT2D eigenvalue weighted by atomic mass is 19.1. The van der Waals surface area contributed by atoms with Crippen molar-refractivity contribution in [1.29, 1.82) is 0 Å². The van der Waals surface area contributed by atoms with Gasteiger partial charge in [0.15, 0.2) is 0 Å². The maximum absolute atomic E-state index is 13.9. The van der Waals surface area contributed by atoms with Crippen molar-refractivity contribution >= 4 is 17.3 Å². The zero-order valence-electron chi connectivity index (χ0n) is 13.9. The first kappa shape index (κ1) is 17.2. The molecule has 0 atom stereocenters. The van der Waals surface area contributed by atoms with Crippen molar-refractivity contribution in [2.24, 2.45) is 0 Å². The molecule has 5 nitrogen and oxygen atoms in total. The zero-order valence-corrected chi connectivity index (χ0v) is 13.9. The van der Waals surface area contributed by atoms with Crippen molar-refractivity contribution in [2.45, 2.75) is 38.2 Å². The predicted octanol–water partition coefficient (Wildman–Crippen LogP) is 2.95. The molecule has 1 aromatic carbocycles. The fraction of sp³-hybridized carbons (Fsp3) is 0.611. The molecule has 2 aliphatic rings. The minimum atomic E-state index is -0.359. The molecular weight excluding hydrogens is 311 g/mol. The number of carbonyl (C=O) groups excluding carboxylic acids is 1. The number of anilines is 2. The average Bonchev–Trinajstić information content (AvgIpc) is 2.61. The maximum atomic E-state index is 13.9. The molecule has 3 rings (SSSR count). The van der Waals surface area contributed by atoms with Gasteiger partial charge in [-0.3, -0.25) is 4.79 Å². The molecule has 24 heavy (non-hydrogen) atoms. The van der Waals surface area contributed by atoms with E-state index in [4.69, 9.17) is 9.47 Å². The highest BCUT2D eigenvalue weighted by Gasteiger charge is 2.16. The molecule has 1 amide bonds. The van der Waals surface area contributed by atoms with Gasteiger partial charge in [0.1, 0.15) is 12.4 Å². The van der Waals surface area contributed by atoms with E-state index in [2.05, 4.69) is 10.2 Å². The summed E-state index contributed by atoms with van der Waals surface area (Å²) >= 11 is 0. The smallest absolute Gasteiger partial charge is 0.250 e. The fourth-order valence-corrected chi connectivity index (χ4v) is 3.27. The van der Waals surface area contributed by atoms with E-state index in [-0.39, 0.29) is 24.4 Å². The lowest BCUT2D eigenvalue weighted by molar-refractivity contribution is -0.123. The summed E-state index contributed by atoms with van der Waals surface area (Å²) in [6.45, 7) is 2.73. The molecule has 1 aliphatic heterocycles. The summed E-state index contributed by atoms with van der Waals surface area (Å²) in [6, 6.07) is 4.62. The van der Waals surface area contributed by atoms with Gasteiger partial charge in [-0.15, -0.1) is 0 Å². The minimum absolute atomic E-state index is 0.0219. The molecule has 2 fully saturated rings. The van der Waals surface area contributed by atoms with Gasteiger partial charge < -0.3 is 19.7 Å². The summed E-state index contributed by atoms with van der Waals surface area (Å²) in [6.07, 6.45) is 5.81. The summed E-state index contributed by atoms with van der Waals surface area (Å²) in [5.41, 5.74) is 1.23. The van der Waals surface area contributed by atoms with Crippen molar-refractivity contribution in [3.63, 3.8) is 0 Å². The number of ether oxygens (including phenoxy) is 2. The van der Waals surface area contributed by atoms with Gasteiger partial charge in [-0.05, 0) is 31.0 Å². The van der Waals surface area contributed by atoms with Crippen molar-refractivity contribution in [2.75, 3.05) is 43.1 Å². The van der Waals surface area contributed by atoms with Crippen LogP contribution in [0, 0.1) is 5.82 Å². The second-order valence-electron chi connectivity index (χ2n) is 6.42. The van der Waals surface area contributed by atoms with Crippen LogP contribution in [0.25, 0.3) is 0 Å². The highest BCUT2D eigenvalue weighted by Crippen LogP contribution is 2.23. The van der Waals surface area contributed by atoms with E-state index in [1.807, 2.05) is 0 Å². The van der Waals surface area contributed by atoms with Crippen molar-refractivity contribution < 1.29 is 18.7 Å². The van der Waals surface area contributed by atoms with Gasteiger partial charge in [0, 0.05) is 24.5 Å². The monoisotopic (exact) mass is 336 g/mol. The summed E-state index contributed by atoms with van der Waals surface area (Å²) in [7, 11) is 0. The third kappa shape index (κ3) is 4.92. The van der Waals surface area contributed by atoms with Crippen LogP contribution in [-0.4, -0.2) is 44.9 Å². The van der Waals surface area contributed by atoms with Gasteiger partial charge in [-0.2, -0.15) is 0 Å². The second kappa shape index (κ2) is 8.44. The number of hydrogen-bond donors (Lipinski definition) is 1. The van der Waals surface area contributed by atoms with Crippen LogP contribution in [-0.2, 0) is 14.3 Å². The van der Waals surface area contributed by atoms with E-state index in [1.165, 1.54) is 31.4 Å². The summed E-state index contributed by atoms with van der Waals surface area (Å²) in [5.74, 6) is -0.596. The summed E-state index contributed by atoms with van der Waals surface area (Å²) in [5, 5.41) is 2.74. The van der Waals surface area contributed by atoms with Crippen LogP contribution in [0.3, 0.4) is 0 Å². The van der Waals surface area contributed by atoms with Crippen LogP contribution in [0.1, 0.15) is 32.1 Å². The third-order valence-electron chi connectivity index (χ3n) is 4.54. The van der Waals surface area contributed by atoms with E-state index in [0.717, 1.165) is 31.6 Å². The van der Waals surface area contributed by atoms with Gasteiger partial charge in [0.25, 0.3) is 0 Å². The number of nitrogens with one attached hydrogen (secondary N) is 1. The molecule has 0 bridgehead atoms. The second-order valence-corrected chi connectivity index (χ2v) is 6.42. The van der Waals surface area contributed by atoms with Crippen LogP contribution in [0.5, 0.6) is 0 Å². The van der Waals surface area contributed by atoms with Crippen molar-refractivity contribution in [1.82, 2.24) is 0 Å². The normalized spacial score (nSPS) is 19.3. The van der Waals surface area contributed by atoms with Crippen LogP contribution >= 0.6 is 0 Å². The predicted molar refractivity (Wildman–Crippen MR) is 90.9 cm³/mol. The lowest BCUT2D eigenvalue weighted by Gasteiger charge is -2.29. The molecule has 0 unspecified atom stereocenters. The molecule has 0 radical (unpaired) electrons. The number of carbonyl (C=O) groups is 1. The Kier molecular flexibility index (Phi) is 6.04. The SMILES string of the molecule is O=C(COC1CCCCC1)Nc1cc(F)cc(N2CCOCC2)c1. The Morgan fingerprint density at radius 1 is 1.21 bits per heavy atom. The minimum Gasteiger partial charge on any atom is -0.378 e. The highest BCUT2D eigenvalue weighted by molar-refractivity contribution is 5.92. The van der Waals surface area contributed by atoms with Crippen molar-refractivity contribution in [3.8, 4) is 0 Å². The standard InChI is InChI=1S/C18H25FN2O3/c19-14-10-15(12-16(11-14)21-6-8-23-9-7-21)20-18(22)13-24-17-4-2-1-3-5-17/h10-12,17H,1-9,13H2,(H,20,22). The van der Waals surface area contributed by atoms with E-state index in [9.17, 15) is 9.18 Å². The molecule has 0 spiro atoms. The zero-order chi connectivity index (χ0) is 16.8.